The number of morpholine rings is 1. The zero-order chi connectivity index (χ0) is 20.1. The number of rotatable bonds is 7. The fourth-order valence-electron chi connectivity index (χ4n) is 2.85. The summed E-state index contributed by atoms with van der Waals surface area (Å²) in [6.07, 6.45) is 0. The van der Waals surface area contributed by atoms with E-state index >= 15 is 0 Å². The van der Waals surface area contributed by atoms with Crippen LogP contribution in [0.2, 0.25) is 5.02 Å². The molecule has 1 aliphatic rings. The Morgan fingerprint density at radius 1 is 1.25 bits per heavy atom. The van der Waals surface area contributed by atoms with E-state index in [0.717, 1.165) is 23.9 Å². The highest BCUT2D eigenvalue weighted by Gasteiger charge is 2.26. The van der Waals surface area contributed by atoms with Crippen LogP contribution in [0, 0.1) is 0 Å². The molecule has 1 saturated heterocycles. The van der Waals surface area contributed by atoms with Crippen LogP contribution in [-0.4, -0.2) is 65.7 Å². The van der Waals surface area contributed by atoms with Gasteiger partial charge >= 0.3 is 0 Å². The number of halogens is 1. The molecule has 1 fully saturated rings. The maximum atomic E-state index is 12.9. The van der Waals surface area contributed by atoms with Gasteiger partial charge in [0.2, 0.25) is 0 Å². The van der Waals surface area contributed by atoms with Crippen LogP contribution in [0.3, 0.4) is 0 Å². The minimum Gasteiger partial charge on any atom is -0.379 e. The Hall–Kier alpha value is -1.65. The first-order valence-electron chi connectivity index (χ1n) is 8.80. The summed E-state index contributed by atoms with van der Waals surface area (Å²) in [5.41, 5.74) is 0.351. The number of ether oxygens (including phenoxy) is 1. The second-order valence-corrected chi connectivity index (χ2v) is 9.59. The summed E-state index contributed by atoms with van der Waals surface area (Å²) >= 11 is 7.06. The molecule has 2 aromatic rings. The first-order chi connectivity index (χ1) is 13.4. The lowest BCUT2D eigenvalue weighted by atomic mass is 10.3. The molecule has 1 amide bonds. The van der Waals surface area contributed by atoms with E-state index in [9.17, 15) is 13.2 Å². The molecule has 1 aromatic carbocycles. The van der Waals surface area contributed by atoms with Crippen LogP contribution >= 0.6 is 22.9 Å². The summed E-state index contributed by atoms with van der Waals surface area (Å²) in [7, 11) is -2.35. The van der Waals surface area contributed by atoms with Gasteiger partial charge in [0, 0.05) is 38.2 Å². The van der Waals surface area contributed by atoms with Crippen LogP contribution in [0.4, 0.5) is 5.69 Å². The van der Waals surface area contributed by atoms with Crippen molar-refractivity contribution in [1.29, 1.82) is 0 Å². The lowest BCUT2D eigenvalue weighted by Gasteiger charge is -2.26. The lowest BCUT2D eigenvalue weighted by Crippen LogP contribution is -2.41. The fraction of sp³-hybridized carbons (Fsp3) is 0.389. The van der Waals surface area contributed by atoms with Gasteiger partial charge in [-0.15, -0.1) is 11.3 Å². The molecule has 7 nitrogen and oxygen atoms in total. The molecule has 3 rings (SSSR count). The highest BCUT2D eigenvalue weighted by molar-refractivity contribution is 7.92. The predicted octanol–water partition coefficient (Wildman–Crippen LogP) is 2.29. The molecule has 2 heterocycles. The lowest BCUT2D eigenvalue weighted by molar-refractivity contribution is 0.0383. The van der Waals surface area contributed by atoms with E-state index in [1.54, 1.807) is 11.4 Å². The number of benzene rings is 1. The molecule has 28 heavy (non-hydrogen) atoms. The average Bonchev–Trinajstić information content (AvgIpc) is 3.18. The number of sulfonamides is 1. The SMILES string of the molecule is CN(c1ccsc1C(=O)NCCN1CCOCC1)S(=O)(=O)c1ccc(Cl)cc1. The maximum Gasteiger partial charge on any atom is 0.264 e. The van der Waals surface area contributed by atoms with Crippen LogP contribution in [-0.2, 0) is 14.8 Å². The standard InChI is InChI=1S/C18H22ClN3O4S2/c1-21(28(24,25)15-4-2-14(19)3-5-15)16-6-13-27-17(16)18(23)20-7-8-22-9-11-26-12-10-22/h2-6,13H,7-12H2,1H3,(H,20,23). The number of nitrogens with zero attached hydrogens (tertiary/aromatic N) is 2. The number of hydrogen-bond donors (Lipinski definition) is 1. The summed E-state index contributed by atoms with van der Waals surface area (Å²) in [6, 6.07) is 7.57. The van der Waals surface area contributed by atoms with Crippen molar-refractivity contribution in [3.05, 3.63) is 45.6 Å². The van der Waals surface area contributed by atoms with Gasteiger partial charge in [-0.3, -0.25) is 14.0 Å². The second-order valence-electron chi connectivity index (χ2n) is 6.27. The molecule has 0 bridgehead atoms. The molecular weight excluding hydrogens is 422 g/mol. The molecule has 0 atom stereocenters. The molecule has 152 valence electrons. The molecule has 1 aromatic heterocycles. The van der Waals surface area contributed by atoms with E-state index in [4.69, 9.17) is 16.3 Å². The van der Waals surface area contributed by atoms with E-state index in [0.29, 0.717) is 35.3 Å². The van der Waals surface area contributed by atoms with Gasteiger partial charge in [-0.05, 0) is 35.7 Å². The van der Waals surface area contributed by atoms with Gasteiger partial charge in [0.25, 0.3) is 15.9 Å². The van der Waals surface area contributed by atoms with E-state index in [1.807, 2.05) is 0 Å². The van der Waals surface area contributed by atoms with E-state index in [1.165, 1.54) is 42.6 Å². The quantitative estimate of drug-likeness (QED) is 0.710. The zero-order valence-electron chi connectivity index (χ0n) is 15.4. The molecule has 0 radical (unpaired) electrons. The molecule has 0 unspecified atom stereocenters. The largest absolute Gasteiger partial charge is 0.379 e. The number of carbonyl (C=O) groups is 1. The number of hydrogen-bond acceptors (Lipinski definition) is 6. The van der Waals surface area contributed by atoms with Gasteiger partial charge in [-0.25, -0.2) is 8.42 Å². The molecule has 0 saturated carbocycles. The van der Waals surface area contributed by atoms with Crippen molar-refractivity contribution in [3.8, 4) is 0 Å². The smallest absolute Gasteiger partial charge is 0.264 e. The third-order valence-corrected chi connectivity index (χ3v) is 7.42. The third kappa shape index (κ3) is 4.84. The molecule has 1 aliphatic heterocycles. The zero-order valence-corrected chi connectivity index (χ0v) is 17.8. The minimum atomic E-state index is -3.79. The normalized spacial score (nSPS) is 15.4. The van der Waals surface area contributed by atoms with Crippen molar-refractivity contribution >= 4 is 44.6 Å². The van der Waals surface area contributed by atoms with Crippen LogP contribution in [0.25, 0.3) is 0 Å². The monoisotopic (exact) mass is 443 g/mol. The van der Waals surface area contributed by atoms with Crippen molar-refractivity contribution in [2.24, 2.45) is 0 Å². The number of amides is 1. The Morgan fingerprint density at radius 3 is 2.61 bits per heavy atom. The summed E-state index contributed by atoms with van der Waals surface area (Å²) < 4.78 is 32.2. The first-order valence-corrected chi connectivity index (χ1v) is 11.5. The van der Waals surface area contributed by atoms with Gasteiger partial charge in [0.1, 0.15) is 4.88 Å². The van der Waals surface area contributed by atoms with E-state index in [2.05, 4.69) is 10.2 Å². The Balaban J connectivity index is 1.67. The molecule has 0 aliphatic carbocycles. The highest BCUT2D eigenvalue weighted by Crippen LogP contribution is 2.30. The Kier molecular flexibility index (Phi) is 6.95. The number of carbonyl (C=O) groups excluding carboxylic acids is 1. The van der Waals surface area contributed by atoms with Gasteiger partial charge in [-0.1, -0.05) is 11.6 Å². The Bertz CT molecular complexity index is 909. The molecule has 1 N–H and O–H groups in total. The van der Waals surface area contributed by atoms with Gasteiger partial charge < -0.3 is 10.1 Å². The minimum absolute atomic E-state index is 0.115. The topological polar surface area (TPSA) is 79.0 Å². The van der Waals surface area contributed by atoms with Crippen molar-refractivity contribution in [1.82, 2.24) is 10.2 Å². The van der Waals surface area contributed by atoms with Crippen molar-refractivity contribution in [2.75, 3.05) is 50.7 Å². The number of anilines is 1. The number of nitrogens with one attached hydrogen (secondary N) is 1. The summed E-state index contributed by atoms with van der Waals surface area (Å²) in [6.45, 7) is 4.33. The average molecular weight is 444 g/mol. The summed E-state index contributed by atoms with van der Waals surface area (Å²) in [5.74, 6) is -0.281. The van der Waals surface area contributed by atoms with Crippen molar-refractivity contribution in [2.45, 2.75) is 4.90 Å². The maximum absolute atomic E-state index is 12.9. The van der Waals surface area contributed by atoms with Crippen LogP contribution in [0.1, 0.15) is 9.67 Å². The van der Waals surface area contributed by atoms with Gasteiger partial charge in [0.15, 0.2) is 0 Å². The van der Waals surface area contributed by atoms with E-state index in [-0.39, 0.29) is 10.8 Å². The van der Waals surface area contributed by atoms with E-state index < -0.39 is 10.0 Å². The van der Waals surface area contributed by atoms with Crippen LogP contribution in [0.5, 0.6) is 0 Å². The third-order valence-electron chi connectivity index (χ3n) is 4.48. The Morgan fingerprint density at radius 2 is 1.93 bits per heavy atom. The summed E-state index contributed by atoms with van der Waals surface area (Å²) in [4.78, 5) is 15.3. The van der Waals surface area contributed by atoms with Crippen LogP contribution < -0.4 is 9.62 Å². The first kappa shape index (κ1) is 21.1. The molecular formula is C18H22ClN3O4S2. The van der Waals surface area contributed by atoms with Crippen LogP contribution in [0.15, 0.2) is 40.6 Å². The number of thiophene rings is 1. The molecule has 10 heteroatoms. The molecule has 0 spiro atoms. The van der Waals surface area contributed by atoms with Crippen molar-refractivity contribution < 1.29 is 17.9 Å². The van der Waals surface area contributed by atoms with Gasteiger partial charge in [-0.2, -0.15) is 0 Å². The second kappa shape index (κ2) is 9.23. The highest BCUT2D eigenvalue weighted by atomic mass is 35.5. The fourth-order valence-corrected chi connectivity index (χ4v) is 5.08. The van der Waals surface area contributed by atoms with Crippen molar-refractivity contribution in [3.63, 3.8) is 0 Å². The Labute approximate surface area is 173 Å². The summed E-state index contributed by atoms with van der Waals surface area (Å²) in [5, 5.41) is 5.04. The predicted molar refractivity (Wildman–Crippen MR) is 111 cm³/mol. The van der Waals surface area contributed by atoms with Gasteiger partial charge in [0.05, 0.1) is 23.8 Å².